The molecule has 3 rings (SSSR count). The second kappa shape index (κ2) is 7.35. The molecule has 1 aliphatic carbocycles. The number of anilines is 1. The summed E-state index contributed by atoms with van der Waals surface area (Å²) in [5.41, 5.74) is 4.23. The van der Waals surface area contributed by atoms with Gasteiger partial charge in [0, 0.05) is 25.7 Å². The maximum Gasteiger partial charge on any atom is 0.302 e. The number of morpholine rings is 1. The molecule has 4 nitrogen and oxygen atoms in total. The van der Waals surface area contributed by atoms with Crippen LogP contribution in [0, 0.1) is 6.92 Å². The summed E-state index contributed by atoms with van der Waals surface area (Å²) in [5.74, 6) is 0.432. The fourth-order valence-electron chi connectivity index (χ4n) is 3.96. The Bertz CT molecular complexity index is 544. The number of ether oxygens (including phenoxy) is 2. The Kier molecular flexibility index (Phi) is 5.21. The van der Waals surface area contributed by atoms with E-state index in [9.17, 15) is 4.79 Å². The van der Waals surface area contributed by atoms with E-state index >= 15 is 0 Å². The molecule has 1 aromatic carbocycles. The monoisotopic (exact) mass is 317 g/mol. The molecule has 0 atom stereocenters. The highest BCUT2D eigenvalue weighted by Gasteiger charge is 2.26. The molecule has 0 aromatic heterocycles. The molecular weight excluding hydrogens is 290 g/mol. The number of hydrogen-bond donors (Lipinski definition) is 0. The predicted octanol–water partition coefficient (Wildman–Crippen LogP) is 3.42. The first-order chi connectivity index (χ1) is 11.1. The molecule has 1 aromatic rings. The van der Waals surface area contributed by atoms with Crippen molar-refractivity contribution < 1.29 is 14.3 Å². The molecule has 126 valence electrons. The van der Waals surface area contributed by atoms with E-state index in [-0.39, 0.29) is 12.1 Å². The number of benzene rings is 1. The average molecular weight is 317 g/mol. The highest BCUT2D eigenvalue weighted by atomic mass is 16.5. The minimum Gasteiger partial charge on any atom is -0.463 e. The summed E-state index contributed by atoms with van der Waals surface area (Å²) >= 11 is 0. The van der Waals surface area contributed by atoms with Crippen LogP contribution in [0.4, 0.5) is 5.69 Å². The first-order valence-corrected chi connectivity index (χ1v) is 8.74. The second-order valence-electron chi connectivity index (χ2n) is 6.67. The van der Waals surface area contributed by atoms with Crippen LogP contribution in [-0.2, 0) is 14.3 Å². The third-order valence-electron chi connectivity index (χ3n) is 5.15. The van der Waals surface area contributed by atoms with Crippen molar-refractivity contribution in [2.45, 2.75) is 51.6 Å². The molecule has 1 saturated heterocycles. The lowest BCUT2D eigenvalue weighted by molar-refractivity contribution is -0.147. The van der Waals surface area contributed by atoms with Gasteiger partial charge in [-0.05, 0) is 55.7 Å². The van der Waals surface area contributed by atoms with Crippen LogP contribution in [0.2, 0.25) is 0 Å². The fourth-order valence-corrected chi connectivity index (χ4v) is 3.96. The van der Waals surface area contributed by atoms with Crippen molar-refractivity contribution in [1.29, 1.82) is 0 Å². The Balaban J connectivity index is 1.70. The van der Waals surface area contributed by atoms with Gasteiger partial charge in [0.05, 0.1) is 13.2 Å². The number of esters is 1. The van der Waals surface area contributed by atoms with Crippen LogP contribution < -0.4 is 4.90 Å². The summed E-state index contributed by atoms with van der Waals surface area (Å²) in [6.45, 7) is 7.33. The molecule has 1 heterocycles. The normalized spacial score (nSPS) is 25.2. The third-order valence-corrected chi connectivity index (χ3v) is 5.15. The largest absolute Gasteiger partial charge is 0.463 e. The first-order valence-electron chi connectivity index (χ1n) is 8.74. The SMILES string of the molecule is CC(=O)O[C@H]1CC[C@H](c2cccc(N3CCOCC3)c2C)CC1. The molecule has 4 heteroatoms. The van der Waals surface area contributed by atoms with Crippen molar-refractivity contribution >= 4 is 11.7 Å². The third kappa shape index (κ3) is 3.86. The van der Waals surface area contributed by atoms with E-state index in [1.807, 2.05) is 0 Å². The highest BCUT2D eigenvalue weighted by Crippen LogP contribution is 2.38. The Morgan fingerprint density at radius 3 is 2.52 bits per heavy atom. The zero-order valence-corrected chi connectivity index (χ0v) is 14.2. The molecule has 0 bridgehead atoms. The van der Waals surface area contributed by atoms with E-state index in [2.05, 4.69) is 30.0 Å². The standard InChI is InChI=1S/C19H27NO3/c1-14-18(16-6-8-17(9-7-16)23-15(2)21)4-3-5-19(14)20-10-12-22-13-11-20/h3-5,16-17H,6-13H2,1-2H3/t16-,17-. The quantitative estimate of drug-likeness (QED) is 0.801. The van der Waals surface area contributed by atoms with Gasteiger partial charge < -0.3 is 14.4 Å². The van der Waals surface area contributed by atoms with Gasteiger partial charge in [-0.3, -0.25) is 4.79 Å². The van der Waals surface area contributed by atoms with Gasteiger partial charge in [0.2, 0.25) is 0 Å². The van der Waals surface area contributed by atoms with Crippen molar-refractivity contribution in [2.75, 3.05) is 31.2 Å². The van der Waals surface area contributed by atoms with Crippen molar-refractivity contribution in [1.82, 2.24) is 0 Å². The van der Waals surface area contributed by atoms with E-state index in [4.69, 9.17) is 9.47 Å². The lowest BCUT2D eigenvalue weighted by Crippen LogP contribution is -2.36. The van der Waals surface area contributed by atoms with Crippen molar-refractivity contribution in [3.63, 3.8) is 0 Å². The number of nitrogens with zero attached hydrogens (tertiary/aromatic N) is 1. The Morgan fingerprint density at radius 1 is 1.17 bits per heavy atom. The zero-order chi connectivity index (χ0) is 16.2. The van der Waals surface area contributed by atoms with E-state index < -0.39 is 0 Å². The Morgan fingerprint density at radius 2 is 1.87 bits per heavy atom. The van der Waals surface area contributed by atoms with Crippen LogP contribution in [0.5, 0.6) is 0 Å². The van der Waals surface area contributed by atoms with E-state index in [0.29, 0.717) is 5.92 Å². The number of carbonyl (C=O) groups is 1. The topological polar surface area (TPSA) is 38.8 Å². The van der Waals surface area contributed by atoms with E-state index in [0.717, 1.165) is 52.0 Å². The van der Waals surface area contributed by atoms with Crippen LogP contribution in [0.25, 0.3) is 0 Å². The molecule has 1 saturated carbocycles. The van der Waals surface area contributed by atoms with Gasteiger partial charge in [-0.25, -0.2) is 0 Å². The lowest BCUT2D eigenvalue weighted by Gasteiger charge is -2.33. The van der Waals surface area contributed by atoms with Crippen LogP contribution in [0.15, 0.2) is 18.2 Å². The number of hydrogen-bond acceptors (Lipinski definition) is 4. The molecule has 2 aliphatic rings. The molecular formula is C19H27NO3. The summed E-state index contributed by atoms with van der Waals surface area (Å²) in [7, 11) is 0. The van der Waals surface area contributed by atoms with Crippen LogP contribution >= 0.6 is 0 Å². The number of rotatable bonds is 3. The van der Waals surface area contributed by atoms with E-state index in [1.165, 1.54) is 23.7 Å². The first kappa shape index (κ1) is 16.3. The van der Waals surface area contributed by atoms with Crippen molar-refractivity contribution in [3.8, 4) is 0 Å². The van der Waals surface area contributed by atoms with Crippen LogP contribution in [-0.4, -0.2) is 38.4 Å². The van der Waals surface area contributed by atoms with Gasteiger partial charge in [0.1, 0.15) is 6.10 Å². The van der Waals surface area contributed by atoms with Crippen molar-refractivity contribution in [3.05, 3.63) is 29.3 Å². The highest BCUT2D eigenvalue weighted by molar-refractivity contribution is 5.66. The summed E-state index contributed by atoms with van der Waals surface area (Å²) < 4.78 is 10.8. The summed E-state index contributed by atoms with van der Waals surface area (Å²) in [6.07, 6.45) is 4.28. The van der Waals surface area contributed by atoms with Crippen LogP contribution in [0.3, 0.4) is 0 Å². The summed E-state index contributed by atoms with van der Waals surface area (Å²) in [6, 6.07) is 6.69. The summed E-state index contributed by atoms with van der Waals surface area (Å²) in [4.78, 5) is 13.5. The smallest absolute Gasteiger partial charge is 0.302 e. The maximum atomic E-state index is 11.1. The molecule has 0 N–H and O–H groups in total. The molecule has 2 fully saturated rings. The minimum atomic E-state index is -0.154. The van der Waals surface area contributed by atoms with Gasteiger partial charge in [-0.2, -0.15) is 0 Å². The molecule has 0 amide bonds. The van der Waals surface area contributed by atoms with Crippen LogP contribution in [0.1, 0.15) is 49.7 Å². The van der Waals surface area contributed by atoms with Crippen molar-refractivity contribution in [2.24, 2.45) is 0 Å². The molecule has 0 radical (unpaired) electrons. The Labute approximate surface area is 138 Å². The van der Waals surface area contributed by atoms with Gasteiger partial charge >= 0.3 is 5.97 Å². The Hall–Kier alpha value is -1.55. The zero-order valence-electron chi connectivity index (χ0n) is 14.2. The van der Waals surface area contributed by atoms with E-state index in [1.54, 1.807) is 0 Å². The second-order valence-corrected chi connectivity index (χ2v) is 6.67. The van der Waals surface area contributed by atoms with Gasteiger partial charge in [-0.15, -0.1) is 0 Å². The number of carbonyl (C=O) groups excluding carboxylic acids is 1. The minimum absolute atomic E-state index is 0.117. The predicted molar refractivity (Wildman–Crippen MR) is 91.0 cm³/mol. The lowest BCUT2D eigenvalue weighted by atomic mass is 9.80. The molecule has 0 spiro atoms. The molecule has 23 heavy (non-hydrogen) atoms. The fraction of sp³-hybridized carbons (Fsp3) is 0.632. The van der Waals surface area contributed by atoms with Gasteiger partial charge in [-0.1, -0.05) is 12.1 Å². The van der Waals surface area contributed by atoms with Gasteiger partial charge in [0.25, 0.3) is 0 Å². The van der Waals surface area contributed by atoms with Gasteiger partial charge in [0.15, 0.2) is 0 Å². The average Bonchev–Trinajstić information content (AvgIpc) is 2.56. The summed E-state index contributed by atoms with van der Waals surface area (Å²) in [5, 5.41) is 0. The molecule has 1 aliphatic heterocycles. The molecule has 0 unspecified atom stereocenters. The maximum absolute atomic E-state index is 11.1.